The van der Waals surface area contributed by atoms with Gasteiger partial charge in [0.25, 0.3) is 0 Å². The SMILES string of the molecule is CCNC(=NCc1c(C)nn(C)c1C)NCCc1ccc(OC)c(OC)c1OC. The number of guanidine groups is 1. The fourth-order valence-corrected chi connectivity index (χ4v) is 3.22. The highest BCUT2D eigenvalue weighted by atomic mass is 16.5. The second kappa shape index (κ2) is 10.6. The highest BCUT2D eigenvalue weighted by Gasteiger charge is 2.15. The number of hydrogen-bond donors (Lipinski definition) is 2. The van der Waals surface area contributed by atoms with Gasteiger partial charge in [-0.2, -0.15) is 5.10 Å². The number of rotatable bonds is 9. The zero-order valence-electron chi connectivity index (χ0n) is 18.5. The summed E-state index contributed by atoms with van der Waals surface area (Å²) in [7, 11) is 6.82. The van der Waals surface area contributed by atoms with E-state index < -0.39 is 0 Å². The Hall–Kier alpha value is -2.90. The summed E-state index contributed by atoms with van der Waals surface area (Å²) >= 11 is 0. The molecule has 0 aliphatic rings. The van der Waals surface area contributed by atoms with Crippen LogP contribution in [0.15, 0.2) is 17.1 Å². The van der Waals surface area contributed by atoms with Gasteiger partial charge in [-0.25, -0.2) is 4.99 Å². The molecule has 0 aliphatic heterocycles. The molecule has 2 rings (SSSR count). The molecule has 29 heavy (non-hydrogen) atoms. The molecule has 0 amide bonds. The van der Waals surface area contributed by atoms with Crippen molar-refractivity contribution < 1.29 is 14.2 Å². The van der Waals surface area contributed by atoms with Crippen molar-refractivity contribution in [1.29, 1.82) is 0 Å². The summed E-state index contributed by atoms with van der Waals surface area (Å²) in [6.45, 7) is 8.20. The number of aromatic nitrogens is 2. The average Bonchev–Trinajstić information content (AvgIpc) is 2.96. The van der Waals surface area contributed by atoms with E-state index in [9.17, 15) is 0 Å². The summed E-state index contributed by atoms with van der Waals surface area (Å²) in [4.78, 5) is 4.72. The first-order valence-electron chi connectivity index (χ1n) is 9.75. The van der Waals surface area contributed by atoms with Gasteiger partial charge < -0.3 is 24.8 Å². The molecule has 0 fully saturated rings. The Balaban J connectivity index is 2.08. The van der Waals surface area contributed by atoms with Crippen LogP contribution >= 0.6 is 0 Å². The van der Waals surface area contributed by atoms with Crippen molar-refractivity contribution >= 4 is 5.96 Å². The van der Waals surface area contributed by atoms with Crippen LogP contribution < -0.4 is 24.8 Å². The summed E-state index contributed by atoms with van der Waals surface area (Å²) in [5.74, 6) is 2.72. The van der Waals surface area contributed by atoms with Crippen LogP contribution in [0.3, 0.4) is 0 Å². The van der Waals surface area contributed by atoms with Crippen LogP contribution in [0.2, 0.25) is 0 Å². The molecule has 0 saturated carbocycles. The van der Waals surface area contributed by atoms with Crippen LogP contribution in [0.1, 0.15) is 29.4 Å². The van der Waals surface area contributed by atoms with Gasteiger partial charge in [0.1, 0.15) is 0 Å². The van der Waals surface area contributed by atoms with Gasteiger partial charge in [-0.05, 0) is 33.3 Å². The number of aliphatic imine (C=N–C) groups is 1. The molecule has 2 N–H and O–H groups in total. The Morgan fingerprint density at radius 3 is 2.34 bits per heavy atom. The second-order valence-corrected chi connectivity index (χ2v) is 6.64. The lowest BCUT2D eigenvalue weighted by atomic mass is 10.1. The number of nitrogens with zero attached hydrogens (tertiary/aromatic N) is 3. The Morgan fingerprint density at radius 2 is 1.79 bits per heavy atom. The maximum absolute atomic E-state index is 5.56. The van der Waals surface area contributed by atoms with E-state index >= 15 is 0 Å². The van der Waals surface area contributed by atoms with Crippen LogP contribution in [0.5, 0.6) is 17.2 Å². The first-order chi connectivity index (χ1) is 14.0. The van der Waals surface area contributed by atoms with Gasteiger partial charge in [0.2, 0.25) is 5.75 Å². The molecule has 0 aliphatic carbocycles. The molecular formula is C21H33N5O3. The van der Waals surface area contributed by atoms with Gasteiger partial charge in [0, 0.05) is 37.0 Å². The summed E-state index contributed by atoms with van der Waals surface area (Å²) in [6.07, 6.45) is 0.749. The standard InChI is InChI=1S/C21H33N5O3/c1-8-22-21(24-13-17-14(2)25-26(4)15(17)3)23-12-11-16-9-10-18(27-5)20(29-7)19(16)28-6/h9-10H,8,11-13H2,1-7H3,(H2,22,23,24). The van der Waals surface area contributed by atoms with Gasteiger partial charge in [0.05, 0.1) is 33.6 Å². The van der Waals surface area contributed by atoms with Crippen molar-refractivity contribution in [3.63, 3.8) is 0 Å². The van der Waals surface area contributed by atoms with Crippen molar-refractivity contribution in [3.05, 3.63) is 34.6 Å². The fourth-order valence-electron chi connectivity index (χ4n) is 3.22. The van der Waals surface area contributed by atoms with Gasteiger partial charge in [0.15, 0.2) is 17.5 Å². The Labute approximate surface area is 173 Å². The van der Waals surface area contributed by atoms with Gasteiger partial charge in [-0.3, -0.25) is 4.68 Å². The van der Waals surface area contributed by atoms with E-state index in [0.717, 1.165) is 41.4 Å². The Kier molecular flexibility index (Phi) is 8.18. The first-order valence-corrected chi connectivity index (χ1v) is 9.75. The molecule has 0 unspecified atom stereocenters. The summed E-state index contributed by atoms with van der Waals surface area (Å²) in [6, 6.07) is 3.89. The van der Waals surface area contributed by atoms with Crippen molar-refractivity contribution in [3.8, 4) is 17.2 Å². The van der Waals surface area contributed by atoms with E-state index in [-0.39, 0.29) is 0 Å². The third-order valence-electron chi connectivity index (χ3n) is 4.87. The van der Waals surface area contributed by atoms with Crippen LogP contribution in [-0.2, 0) is 20.0 Å². The number of nitrogens with one attached hydrogen (secondary N) is 2. The van der Waals surface area contributed by atoms with E-state index in [1.54, 1.807) is 21.3 Å². The zero-order chi connectivity index (χ0) is 21.4. The third kappa shape index (κ3) is 5.34. The molecule has 2 aromatic rings. The number of benzene rings is 1. The maximum atomic E-state index is 5.56. The molecule has 0 spiro atoms. The smallest absolute Gasteiger partial charge is 0.203 e. The lowest BCUT2D eigenvalue weighted by molar-refractivity contribution is 0.322. The van der Waals surface area contributed by atoms with Crippen molar-refractivity contribution in [2.24, 2.45) is 12.0 Å². The zero-order valence-corrected chi connectivity index (χ0v) is 18.5. The minimum atomic E-state index is 0.584. The molecule has 8 heteroatoms. The van der Waals surface area contributed by atoms with Crippen LogP contribution in [0.25, 0.3) is 0 Å². The van der Waals surface area contributed by atoms with Gasteiger partial charge in [-0.1, -0.05) is 6.07 Å². The molecule has 0 radical (unpaired) electrons. The predicted molar refractivity (Wildman–Crippen MR) is 115 cm³/mol. The molecule has 160 valence electrons. The lowest BCUT2D eigenvalue weighted by Crippen LogP contribution is -2.38. The molecule has 8 nitrogen and oxygen atoms in total. The minimum Gasteiger partial charge on any atom is -0.493 e. The highest BCUT2D eigenvalue weighted by Crippen LogP contribution is 2.39. The predicted octanol–water partition coefficient (Wildman–Crippen LogP) is 2.36. The largest absolute Gasteiger partial charge is 0.493 e. The summed E-state index contributed by atoms with van der Waals surface area (Å²) < 4.78 is 18.3. The van der Waals surface area contributed by atoms with Crippen LogP contribution in [0.4, 0.5) is 0 Å². The normalized spacial score (nSPS) is 11.3. The maximum Gasteiger partial charge on any atom is 0.203 e. The van der Waals surface area contributed by atoms with E-state index in [4.69, 9.17) is 19.2 Å². The number of aryl methyl sites for hydroxylation is 2. The van der Waals surface area contributed by atoms with E-state index in [1.807, 2.05) is 30.8 Å². The van der Waals surface area contributed by atoms with Crippen LogP contribution in [0, 0.1) is 13.8 Å². The quantitative estimate of drug-likeness (QED) is 0.494. The molecule has 1 heterocycles. The van der Waals surface area contributed by atoms with Crippen molar-refractivity contribution in [1.82, 2.24) is 20.4 Å². The van der Waals surface area contributed by atoms with E-state index in [2.05, 4.69) is 29.6 Å². The molecule has 0 bridgehead atoms. The monoisotopic (exact) mass is 403 g/mol. The Bertz CT molecular complexity index is 845. The molecular weight excluding hydrogens is 370 g/mol. The number of hydrogen-bond acceptors (Lipinski definition) is 5. The minimum absolute atomic E-state index is 0.584. The van der Waals surface area contributed by atoms with E-state index in [0.29, 0.717) is 30.3 Å². The highest BCUT2D eigenvalue weighted by molar-refractivity contribution is 5.79. The van der Waals surface area contributed by atoms with Gasteiger partial charge >= 0.3 is 0 Å². The molecule has 1 aromatic heterocycles. The van der Waals surface area contributed by atoms with Gasteiger partial charge in [-0.15, -0.1) is 0 Å². The molecule has 1 aromatic carbocycles. The third-order valence-corrected chi connectivity index (χ3v) is 4.87. The van der Waals surface area contributed by atoms with Crippen LogP contribution in [-0.4, -0.2) is 50.2 Å². The van der Waals surface area contributed by atoms with E-state index in [1.165, 1.54) is 0 Å². The second-order valence-electron chi connectivity index (χ2n) is 6.64. The fraction of sp³-hybridized carbons (Fsp3) is 0.524. The first kappa shape index (κ1) is 22.4. The molecule has 0 saturated heterocycles. The molecule has 0 atom stereocenters. The topological polar surface area (TPSA) is 81.9 Å². The summed E-state index contributed by atoms with van der Waals surface area (Å²) in [5.41, 5.74) is 4.34. The summed E-state index contributed by atoms with van der Waals surface area (Å²) in [5, 5.41) is 11.1. The lowest BCUT2D eigenvalue weighted by Gasteiger charge is -2.16. The van der Waals surface area contributed by atoms with Crippen molar-refractivity contribution in [2.45, 2.75) is 33.7 Å². The number of ether oxygens (including phenoxy) is 3. The average molecular weight is 404 g/mol. The number of methoxy groups -OCH3 is 3. The Morgan fingerprint density at radius 1 is 1.07 bits per heavy atom. The van der Waals surface area contributed by atoms with Crippen molar-refractivity contribution in [2.75, 3.05) is 34.4 Å².